The van der Waals surface area contributed by atoms with Gasteiger partial charge in [0.05, 0.1) is 11.6 Å². The maximum absolute atomic E-state index is 13.9. The number of nitrogens with zero attached hydrogens (tertiary/aromatic N) is 2. The van der Waals surface area contributed by atoms with E-state index in [-0.39, 0.29) is 29.5 Å². The smallest absolute Gasteiger partial charge is 0.410 e. The summed E-state index contributed by atoms with van der Waals surface area (Å²) in [5, 5.41) is 12.8. The molecule has 1 heterocycles. The average Bonchev–Trinajstić information content (AvgIpc) is 3.03. The number of benzene rings is 3. The Bertz CT molecular complexity index is 1430. The van der Waals surface area contributed by atoms with Gasteiger partial charge >= 0.3 is 12.1 Å². The number of rotatable bonds is 7. The maximum Gasteiger partial charge on any atom is 0.410 e. The maximum atomic E-state index is 13.9. The first-order chi connectivity index (χ1) is 21.1. The van der Waals surface area contributed by atoms with Crippen molar-refractivity contribution in [3.63, 3.8) is 0 Å². The molecule has 2 amide bonds. The van der Waals surface area contributed by atoms with E-state index < -0.39 is 11.6 Å². The molecule has 8 heteroatoms. The molecule has 0 radical (unpaired) electrons. The van der Waals surface area contributed by atoms with Crippen LogP contribution in [0.3, 0.4) is 0 Å². The summed E-state index contributed by atoms with van der Waals surface area (Å²) in [6.07, 6.45) is 3.24. The van der Waals surface area contributed by atoms with Gasteiger partial charge in [0.2, 0.25) is 5.91 Å². The summed E-state index contributed by atoms with van der Waals surface area (Å²) in [6.45, 7) is 7.74. The van der Waals surface area contributed by atoms with Crippen LogP contribution in [0, 0.1) is 5.92 Å². The monoisotopic (exact) mass is 597 g/mol. The largest absolute Gasteiger partial charge is 0.478 e. The summed E-state index contributed by atoms with van der Waals surface area (Å²) in [5.74, 6) is -0.752. The fourth-order valence-corrected chi connectivity index (χ4v) is 6.16. The lowest BCUT2D eigenvalue weighted by molar-refractivity contribution is -0.142. The highest BCUT2D eigenvalue weighted by Crippen LogP contribution is 2.33. The van der Waals surface area contributed by atoms with Gasteiger partial charge in [0, 0.05) is 38.1 Å². The molecule has 1 unspecified atom stereocenters. The first kappa shape index (κ1) is 31.3. The van der Waals surface area contributed by atoms with Gasteiger partial charge in [-0.3, -0.25) is 4.79 Å². The van der Waals surface area contributed by atoms with E-state index in [1.807, 2.05) is 68.1 Å². The molecule has 3 aromatic rings. The van der Waals surface area contributed by atoms with Crippen molar-refractivity contribution in [3.8, 4) is 11.1 Å². The summed E-state index contributed by atoms with van der Waals surface area (Å²) in [6, 6.07) is 25.4. The molecule has 1 saturated heterocycles. The quantitative estimate of drug-likeness (QED) is 0.322. The van der Waals surface area contributed by atoms with Crippen LogP contribution < -0.4 is 5.32 Å². The molecule has 0 bridgehead atoms. The van der Waals surface area contributed by atoms with Crippen LogP contribution in [0.4, 0.5) is 4.79 Å². The van der Waals surface area contributed by atoms with Crippen LogP contribution in [-0.2, 0) is 16.1 Å². The van der Waals surface area contributed by atoms with E-state index in [4.69, 9.17) is 9.84 Å². The molecule has 8 nitrogen and oxygen atoms in total. The van der Waals surface area contributed by atoms with E-state index in [0.717, 1.165) is 48.9 Å². The van der Waals surface area contributed by atoms with Gasteiger partial charge in [-0.15, -0.1) is 0 Å². The fourth-order valence-electron chi connectivity index (χ4n) is 6.16. The van der Waals surface area contributed by atoms with Crippen molar-refractivity contribution >= 4 is 18.0 Å². The van der Waals surface area contributed by atoms with Gasteiger partial charge in [-0.2, -0.15) is 0 Å². The number of nitrogens with one attached hydrogen (secondary N) is 1. The molecule has 5 rings (SSSR count). The molecule has 0 spiro atoms. The summed E-state index contributed by atoms with van der Waals surface area (Å²) in [5.41, 5.74) is 3.96. The molecule has 1 atom stereocenters. The van der Waals surface area contributed by atoms with Crippen LogP contribution in [0.5, 0.6) is 0 Å². The Morgan fingerprint density at radius 1 is 0.841 bits per heavy atom. The number of ether oxygens (including phenoxy) is 1. The first-order valence-electron chi connectivity index (χ1n) is 15.6. The SMILES string of the molecule is CC(C)(C)OC(=O)N1CCN(C(=O)C2CCC(NCc3ccc(-c4ccc(C(=O)O)cc4)cc3)CC2)C(c2ccccc2)C1. The third-order valence-corrected chi connectivity index (χ3v) is 8.59. The molecule has 44 heavy (non-hydrogen) atoms. The van der Waals surface area contributed by atoms with E-state index in [0.29, 0.717) is 25.7 Å². The zero-order valence-corrected chi connectivity index (χ0v) is 25.9. The van der Waals surface area contributed by atoms with Crippen LogP contribution in [0.2, 0.25) is 0 Å². The summed E-state index contributed by atoms with van der Waals surface area (Å²) >= 11 is 0. The molecule has 1 aliphatic carbocycles. The van der Waals surface area contributed by atoms with Crippen molar-refractivity contribution in [3.05, 3.63) is 95.6 Å². The number of carbonyl (C=O) groups is 3. The second-order valence-electron chi connectivity index (χ2n) is 12.9. The molecule has 232 valence electrons. The van der Waals surface area contributed by atoms with Crippen molar-refractivity contribution in [2.75, 3.05) is 19.6 Å². The number of amides is 2. The highest BCUT2D eigenvalue weighted by atomic mass is 16.6. The molecule has 3 aromatic carbocycles. The highest BCUT2D eigenvalue weighted by Gasteiger charge is 2.38. The normalized spacial score (nSPS) is 20.7. The van der Waals surface area contributed by atoms with Crippen molar-refractivity contribution in [2.24, 2.45) is 5.92 Å². The minimum absolute atomic E-state index is 0.0147. The molecular weight excluding hydrogens is 554 g/mol. The number of carboxylic acids is 1. The van der Waals surface area contributed by atoms with Gasteiger partial charge in [-0.05, 0) is 80.8 Å². The highest BCUT2D eigenvalue weighted by molar-refractivity contribution is 5.88. The number of carboxylic acid groups (broad SMARTS) is 1. The van der Waals surface area contributed by atoms with Gasteiger partial charge in [0.1, 0.15) is 5.60 Å². The van der Waals surface area contributed by atoms with E-state index in [1.54, 1.807) is 17.0 Å². The average molecular weight is 598 g/mol. The fraction of sp³-hybridized carbons (Fsp3) is 0.417. The van der Waals surface area contributed by atoms with E-state index in [9.17, 15) is 14.4 Å². The first-order valence-corrected chi connectivity index (χ1v) is 15.6. The van der Waals surface area contributed by atoms with Crippen molar-refractivity contribution in [2.45, 2.75) is 70.7 Å². The topological polar surface area (TPSA) is 99.2 Å². The Morgan fingerprint density at radius 2 is 1.45 bits per heavy atom. The zero-order valence-electron chi connectivity index (χ0n) is 25.9. The third kappa shape index (κ3) is 7.85. The van der Waals surface area contributed by atoms with Crippen LogP contribution in [-0.4, -0.2) is 64.2 Å². The van der Waals surface area contributed by atoms with Gasteiger partial charge in [-0.25, -0.2) is 9.59 Å². The van der Waals surface area contributed by atoms with Crippen molar-refractivity contribution in [1.29, 1.82) is 0 Å². The molecular formula is C36H43N3O5. The second kappa shape index (κ2) is 13.6. The van der Waals surface area contributed by atoms with Gasteiger partial charge < -0.3 is 25.0 Å². The van der Waals surface area contributed by atoms with Crippen LogP contribution >= 0.6 is 0 Å². The number of hydrogen-bond acceptors (Lipinski definition) is 5. The molecule has 2 fully saturated rings. The summed E-state index contributed by atoms with van der Waals surface area (Å²) in [4.78, 5) is 41.6. The minimum Gasteiger partial charge on any atom is -0.478 e. The molecule has 2 aliphatic rings. The summed E-state index contributed by atoms with van der Waals surface area (Å²) in [7, 11) is 0. The molecule has 2 N–H and O–H groups in total. The molecule has 0 aromatic heterocycles. The van der Waals surface area contributed by atoms with E-state index in [2.05, 4.69) is 29.6 Å². The molecule has 1 aliphatic heterocycles. The lowest BCUT2D eigenvalue weighted by Gasteiger charge is -2.43. The zero-order chi connectivity index (χ0) is 31.3. The van der Waals surface area contributed by atoms with Gasteiger partial charge in [0.15, 0.2) is 0 Å². The number of aromatic carboxylic acids is 1. The van der Waals surface area contributed by atoms with Crippen LogP contribution in [0.15, 0.2) is 78.9 Å². The van der Waals surface area contributed by atoms with Gasteiger partial charge in [-0.1, -0.05) is 66.7 Å². The Morgan fingerprint density at radius 3 is 2.05 bits per heavy atom. The van der Waals surface area contributed by atoms with Crippen LogP contribution in [0.1, 0.15) is 74.0 Å². The minimum atomic E-state index is -0.925. The van der Waals surface area contributed by atoms with E-state index in [1.165, 1.54) is 5.56 Å². The predicted octanol–water partition coefficient (Wildman–Crippen LogP) is 6.52. The Kier molecular flexibility index (Phi) is 9.69. The second-order valence-corrected chi connectivity index (χ2v) is 12.9. The summed E-state index contributed by atoms with van der Waals surface area (Å²) < 4.78 is 5.64. The lowest BCUT2D eigenvalue weighted by Crippen LogP contribution is -2.54. The Balaban J connectivity index is 1.14. The predicted molar refractivity (Wildman–Crippen MR) is 170 cm³/mol. The lowest BCUT2D eigenvalue weighted by atomic mass is 9.84. The Hall–Kier alpha value is -4.17. The number of piperazine rings is 1. The Labute approximate surface area is 260 Å². The molecule has 1 saturated carbocycles. The van der Waals surface area contributed by atoms with Crippen molar-refractivity contribution in [1.82, 2.24) is 15.1 Å². The van der Waals surface area contributed by atoms with Gasteiger partial charge in [0.25, 0.3) is 0 Å². The van der Waals surface area contributed by atoms with E-state index >= 15 is 0 Å². The van der Waals surface area contributed by atoms with Crippen LogP contribution in [0.25, 0.3) is 11.1 Å². The number of carbonyl (C=O) groups excluding carboxylic acids is 2. The number of hydrogen-bond donors (Lipinski definition) is 2. The standard InChI is InChI=1S/C36H43N3O5/c1-36(2,3)44-35(43)38-21-22-39(32(24-38)28-7-5-4-6-8-28)33(40)29-17-19-31(20-18-29)37-23-25-9-11-26(12-10-25)27-13-15-30(16-14-27)34(41)42/h4-16,29,31-32,37H,17-24H2,1-3H3,(H,41,42). The van der Waals surface area contributed by atoms with Crippen molar-refractivity contribution < 1.29 is 24.2 Å². The third-order valence-electron chi connectivity index (χ3n) is 8.59.